The molecule has 9 heteroatoms. The number of rotatable bonds is 7. The molecule has 0 aliphatic carbocycles. The topological polar surface area (TPSA) is 42.8 Å². The van der Waals surface area contributed by atoms with Gasteiger partial charge in [-0.15, -0.1) is 0 Å². The van der Waals surface area contributed by atoms with Gasteiger partial charge in [-0.1, -0.05) is 18.2 Å². The van der Waals surface area contributed by atoms with E-state index in [1.807, 2.05) is 30.3 Å². The number of hydrogen-bond acceptors (Lipinski definition) is 4. The third-order valence-corrected chi connectivity index (χ3v) is 4.03. The van der Waals surface area contributed by atoms with Crippen LogP contribution in [0, 0.1) is 29.1 Å². The summed E-state index contributed by atoms with van der Waals surface area (Å²) in [5.41, 5.74) is 4.47. The number of methoxy groups -OCH3 is 1. The number of nitrogens with one attached hydrogen (secondary N) is 1. The Morgan fingerprint density at radius 1 is 0.867 bits per heavy atom. The van der Waals surface area contributed by atoms with Crippen LogP contribution in [-0.2, 0) is 6.61 Å². The lowest BCUT2D eigenvalue weighted by Gasteiger charge is -2.13. The summed E-state index contributed by atoms with van der Waals surface area (Å²) < 4.78 is 77.4. The zero-order valence-corrected chi connectivity index (χ0v) is 15.6. The van der Waals surface area contributed by atoms with Crippen LogP contribution < -0.4 is 14.9 Å². The molecule has 0 aromatic heterocycles. The number of hydrogen-bond donors (Lipinski definition) is 1. The Morgan fingerprint density at radius 2 is 1.50 bits per heavy atom. The van der Waals surface area contributed by atoms with Crippen LogP contribution in [-0.4, -0.2) is 13.3 Å². The number of hydrazone groups is 1. The van der Waals surface area contributed by atoms with E-state index in [-0.39, 0.29) is 0 Å². The molecule has 156 valence electrons. The van der Waals surface area contributed by atoms with Crippen LogP contribution >= 0.6 is 0 Å². The average molecular weight is 422 g/mol. The molecule has 0 aliphatic rings. The summed E-state index contributed by atoms with van der Waals surface area (Å²) in [5.74, 6) is -11.6. The highest BCUT2D eigenvalue weighted by Gasteiger charge is 2.27. The molecule has 1 N–H and O–H groups in total. The van der Waals surface area contributed by atoms with Crippen LogP contribution in [0.5, 0.6) is 11.5 Å². The molecule has 0 saturated heterocycles. The normalized spacial score (nSPS) is 11.0. The van der Waals surface area contributed by atoms with Crippen LogP contribution in [0.3, 0.4) is 0 Å². The molecule has 0 saturated carbocycles. The molecule has 3 aromatic rings. The monoisotopic (exact) mass is 422 g/mol. The first-order valence-electron chi connectivity index (χ1n) is 8.57. The molecule has 0 aliphatic heterocycles. The second kappa shape index (κ2) is 9.25. The third-order valence-electron chi connectivity index (χ3n) is 4.03. The van der Waals surface area contributed by atoms with E-state index in [9.17, 15) is 22.0 Å². The molecule has 0 unspecified atom stereocenters. The minimum atomic E-state index is -2.25. The molecule has 0 spiro atoms. The highest BCUT2D eigenvalue weighted by atomic mass is 19.2. The van der Waals surface area contributed by atoms with Crippen molar-refractivity contribution in [3.8, 4) is 11.5 Å². The number of anilines is 1. The lowest BCUT2D eigenvalue weighted by molar-refractivity contribution is 0.249. The maximum Gasteiger partial charge on any atom is 0.207 e. The largest absolute Gasteiger partial charge is 0.496 e. The zero-order chi connectivity index (χ0) is 21.7. The van der Waals surface area contributed by atoms with Crippen LogP contribution in [0.2, 0.25) is 0 Å². The standard InChI is InChI=1S/C21H15F5N2O2/c1-29-15-8-7-12(10-27-28-14-5-3-2-4-6-14)9-13(15)11-30-21-19(25)17(23)16(22)18(24)20(21)26/h2-10,28H,11H2,1H3. The Kier molecular flexibility index (Phi) is 6.51. The van der Waals surface area contributed by atoms with E-state index in [0.29, 0.717) is 16.9 Å². The second-order valence-electron chi connectivity index (χ2n) is 6.00. The zero-order valence-electron chi connectivity index (χ0n) is 15.6. The summed E-state index contributed by atoms with van der Waals surface area (Å²) in [6.45, 7) is -0.505. The molecule has 0 bridgehead atoms. The first kappa shape index (κ1) is 21.1. The van der Waals surface area contributed by atoms with Gasteiger partial charge in [-0.05, 0) is 35.9 Å². The molecular weight excluding hydrogens is 407 g/mol. The summed E-state index contributed by atoms with van der Waals surface area (Å²) in [5, 5.41) is 4.07. The number of para-hydroxylation sites is 1. The van der Waals surface area contributed by atoms with E-state index in [1.165, 1.54) is 13.3 Å². The predicted octanol–water partition coefficient (Wildman–Crippen LogP) is 5.42. The summed E-state index contributed by atoms with van der Waals surface area (Å²) >= 11 is 0. The maximum absolute atomic E-state index is 13.8. The van der Waals surface area contributed by atoms with Crippen molar-refractivity contribution in [1.82, 2.24) is 0 Å². The van der Waals surface area contributed by atoms with E-state index in [2.05, 4.69) is 10.5 Å². The highest BCUT2D eigenvalue weighted by molar-refractivity contribution is 5.81. The average Bonchev–Trinajstić information content (AvgIpc) is 2.77. The molecule has 4 nitrogen and oxygen atoms in total. The van der Waals surface area contributed by atoms with E-state index >= 15 is 0 Å². The van der Waals surface area contributed by atoms with Crippen LogP contribution in [0.4, 0.5) is 27.6 Å². The van der Waals surface area contributed by atoms with Crippen molar-refractivity contribution in [2.24, 2.45) is 5.10 Å². The Bertz CT molecular complexity index is 1050. The van der Waals surface area contributed by atoms with Gasteiger partial charge in [0, 0.05) is 5.56 Å². The molecule has 30 heavy (non-hydrogen) atoms. The SMILES string of the molecule is COc1ccc(C=NNc2ccccc2)cc1COc1c(F)c(F)c(F)c(F)c1F. The highest BCUT2D eigenvalue weighted by Crippen LogP contribution is 2.30. The van der Waals surface area contributed by atoms with Crippen molar-refractivity contribution >= 4 is 11.9 Å². The van der Waals surface area contributed by atoms with E-state index in [0.717, 1.165) is 5.69 Å². The summed E-state index contributed by atoms with van der Waals surface area (Å²) in [4.78, 5) is 0. The third kappa shape index (κ3) is 4.51. The van der Waals surface area contributed by atoms with Crippen LogP contribution in [0.15, 0.2) is 53.6 Å². The fourth-order valence-corrected chi connectivity index (χ4v) is 2.55. The van der Waals surface area contributed by atoms with E-state index in [4.69, 9.17) is 9.47 Å². The predicted molar refractivity (Wildman–Crippen MR) is 101 cm³/mol. The number of ether oxygens (including phenoxy) is 2. The minimum absolute atomic E-state index is 0.298. The van der Waals surface area contributed by atoms with Crippen molar-refractivity contribution in [3.05, 3.63) is 88.7 Å². The quantitative estimate of drug-likeness (QED) is 0.182. The molecule has 0 amide bonds. The van der Waals surface area contributed by atoms with Crippen molar-refractivity contribution < 1.29 is 31.4 Å². The van der Waals surface area contributed by atoms with Gasteiger partial charge in [0.2, 0.25) is 29.1 Å². The van der Waals surface area contributed by atoms with E-state index < -0.39 is 41.4 Å². The Hall–Kier alpha value is -3.62. The van der Waals surface area contributed by atoms with Gasteiger partial charge in [0.05, 0.1) is 19.0 Å². The van der Waals surface area contributed by atoms with Gasteiger partial charge in [0.1, 0.15) is 12.4 Å². The first-order valence-corrected chi connectivity index (χ1v) is 8.57. The van der Waals surface area contributed by atoms with E-state index in [1.54, 1.807) is 18.2 Å². The van der Waals surface area contributed by atoms with Crippen molar-refractivity contribution in [1.29, 1.82) is 0 Å². The number of nitrogens with zero attached hydrogens (tertiary/aromatic N) is 1. The second-order valence-corrected chi connectivity index (χ2v) is 6.00. The Morgan fingerprint density at radius 3 is 2.13 bits per heavy atom. The van der Waals surface area contributed by atoms with Gasteiger partial charge in [0.15, 0.2) is 5.75 Å². The van der Waals surface area contributed by atoms with Gasteiger partial charge in [-0.25, -0.2) is 13.2 Å². The first-order chi connectivity index (χ1) is 14.4. The molecule has 3 aromatic carbocycles. The van der Waals surface area contributed by atoms with Crippen LogP contribution in [0.25, 0.3) is 0 Å². The van der Waals surface area contributed by atoms with Gasteiger partial charge in [-0.2, -0.15) is 13.9 Å². The van der Waals surface area contributed by atoms with Crippen molar-refractivity contribution in [3.63, 3.8) is 0 Å². The summed E-state index contributed by atoms with van der Waals surface area (Å²) in [7, 11) is 1.36. The number of halogens is 5. The van der Waals surface area contributed by atoms with Crippen molar-refractivity contribution in [2.45, 2.75) is 6.61 Å². The minimum Gasteiger partial charge on any atom is -0.496 e. The lowest BCUT2D eigenvalue weighted by atomic mass is 10.1. The van der Waals surface area contributed by atoms with Gasteiger partial charge >= 0.3 is 0 Å². The Balaban J connectivity index is 1.80. The molecule has 0 heterocycles. The van der Waals surface area contributed by atoms with Gasteiger partial charge < -0.3 is 9.47 Å². The Labute approximate surface area is 168 Å². The van der Waals surface area contributed by atoms with Gasteiger partial charge in [-0.3, -0.25) is 5.43 Å². The molecule has 3 rings (SSSR count). The van der Waals surface area contributed by atoms with Crippen molar-refractivity contribution in [2.75, 3.05) is 12.5 Å². The van der Waals surface area contributed by atoms with Crippen LogP contribution in [0.1, 0.15) is 11.1 Å². The lowest BCUT2D eigenvalue weighted by Crippen LogP contribution is -2.08. The van der Waals surface area contributed by atoms with Gasteiger partial charge in [0.25, 0.3) is 0 Å². The molecule has 0 radical (unpaired) electrons. The number of benzene rings is 3. The summed E-state index contributed by atoms with van der Waals surface area (Å²) in [6, 6.07) is 13.9. The summed E-state index contributed by atoms with van der Waals surface area (Å²) in [6.07, 6.45) is 1.48. The molecule has 0 fully saturated rings. The molecule has 0 atom stereocenters. The maximum atomic E-state index is 13.8. The molecular formula is C21H15F5N2O2. The fourth-order valence-electron chi connectivity index (χ4n) is 2.55. The smallest absolute Gasteiger partial charge is 0.207 e. The fraction of sp³-hybridized carbons (Fsp3) is 0.0952.